The summed E-state index contributed by atoms with van der Waals surface area (Å²) in [5.41, 5.74) is 1.23. The summed E-state index contributed by atoms with van der Waals surface area (Å²) in [5.74, 6) is 2.03. The van der Waals surface area contributed by atoms with E-state index in [-0.39, 0.29) is 0 Å². The molecule has 1 aromatic heterocycles. The lowest BCUT2D eigenvalue weighted by Gasteiger charge is -2.16. The highest BCUT2D eigenvalue weighted by Crippen LogP contribution is 2.22. The van der Waals surface area contributed by atoms with Gasteiger partial charge in [0.1, 0.15) is 11.5 Å². The second kappa shape index (κ2) is 6.54. The van der Waals surface area contributed by atoms with E-state index in [2.05, 4.69) is 31.8 Å². The van der Waals surface area contributed by atoms with E-state index >= 15 is 0 Å². The summed E-state index contributed by atoms with van der Waals surface area (Å²) in [6.07, 6.45) is 3.24. The fourth-order valence-corrected chi connectivity index (χ4v) is 1.69. The van der Waals surface area contributed by atoms with E-state index in [1.54, 1.807) is 0 Å². The van der Waals surface area contributed by atoms with Crippen molar-refractivity contribution >= 4 is 0 Å². The summed E-state index contributed by atoms with van der Waals surface area (Å²) in [5, 5.41) is 3.52. The Morgan fingerprint density at radius 1 is 1.50 bits per heavy atom. The first-order chi connectivity index (χ1) is 7.63. The number of furan rings is 1. The molecule has 0 aliphatic carbocycles. The molecule has 1 aromatic rings. The number of nitrogens with one attached hydrogen (secondary N) is 1. The summed E-state index contributed by atoms with van der Waals surface area (Å²) in [4.78, 5) is 0. The molecule has 1 atom stereocenters. The van der Waals surface area contributed by atoms with Gasteiger partial charge in [-0.3, -0.25) is 0 Å². The molecule has 0 amide bonds. The summed E-state index contributed by atoms with van der Waals surface area (Å²) in [7, 11) is 0. The maximum atomic E-state index is 5.68. The highest BCUT2D eigenvalue weighted by atomic mass is 16.3. The molecule has 16 heavy (non-hydrogen) atoms. The highest BCUT2D eigenvalue weighted by Gasteiger charge is 2.13. The minimum absolute atomic E-state index is 0.324. The van der Waals surface area contributed by atoms with E-state index in [0.29, 0.717) is 6.04 Å². The van der Waals surface area contributed by atoms with Gasteiger partial charge in [0.2, 0.25) is 0 Å². The van der Waals surface area contributed by atoms with Gasteiger partial charge in [0.15, 0.2) is 0 Å². The van der Waals surface area contributed by atoms with Crippen LogP contribution in [-0.4, -0.2) is 6.54 Å². The first-order valence-corrected chi connectivity index (χ1v) is 6.07. The molecule has 0 saturated carbocycles. The fraction of sp³-hybridized carbons (Fsp3) is 0.571. The van der Waals surface area contributed by atoms with Crippen LogP contribution in [0.3, 0.4) is 0 Å². The van der Waals surface area contributed by atoms with Gasteiger partial charge in [0.25, 0.3) is 0 Å². The minimum Gasteiger partial charge on any atom is -0.465 e. The second-order valence-corrected chi connectivity index (χ2v) is 4.45. The molecular formula is C14H23NO. The molecule has 1 unspecified atom stereocenters. The lowest BCUT2D eigenvalue weighted by molar-refractivity contribution is 0.385. The normalized spacial score (nSPS) is 12.7. The van der Waals surface area contributed by atoms with Crippen molar-refractivity contribution in [3.8, 4) is 0 Å². The van der Waals surface area contributed by atoms with E-state index in [4.69, 9.17) is 4.42 Å². The first kappa shape index (κ1) is 13.0. The van der Waals surface area contributed by atoms with Crippen molar-refractivity contribution in [2.75, 3.05) is 6.54 Å². The van der Waals surface area contributed by atoms with Crippen LogP contribution in [0.5, 0.6) is 0 Å². The average Bonchev–Trinajstić information content (AvgIpc) is 2.64. The van der Waals surface area contributed by atoms with Crippen LogP contribution in [-0.2, 0) is 0 Å². The Bertz CT molecular complexity index is 327. The molecule has 2 nitrogen and oxygen atoms in total. The molecule has 0 radical (unpaired) electrons. The molecule has 1 rings (SSSR count). The van der Waals surface area contributed by atoms with Gasteiger partial charge in [-0.1, -0.05) is 12.5 Å². The van der Waals surface area contributed by atoms with Gasteiger partial charge in [-0.25, -0.2) is 0 Å². The number of hydrogen-bond donors (Lipinski definition) is 1. The van der Waals surface area contributed by atoms with E-state index < -0.39 is 0 Å². The third kappa shape index (κ3) is 4.23. The average molecular weight is 221 g/mol. The molecule has 0 bridgehead atoms. The van der Waals surface area contributed by atoms with Crippen LogP contribution >= 0.6 is 0 Å². The molecule has 0 aliphatic heterocycles. The van der Waals surface area contributed by atoms with Crippen LogP contribution in [0.4, 0.5) is 0 Å². The Hall–Kier alpha value is -1.02. The quantitative estimate of drug-likeness (QED) is 0.704. The van der Waals surface area contributed by atoms with Gasteiger partial charge in [-0.05, 0) is 51.8 Å². The number of rotatable bonds is 7. The summed E-state index contributed by atoms with van der Waals surface area (Å²) < 4.78 is 5.68. The summed E-state index contributed by atoms with van der Waals surface area (Å²) >= 11 is 0. The van der Waals surface area contributed by atoms with Crippen LogP contribution in [0.25, 0.3) is 0 Å². The third-order valence-corrected chi connectivity index (χ3v) is 2.61. The van der Waals surface area contributed by atoms with Crippen molar-refractivity contribution in [2.45, 2.75) is 46.1 Å². The molecule has 0 fully saturated rings. The zero-order valence-corrected chi connectivity index (χ0v) is 10.7. The minimum atomic E-state index is 0.324. The zero-order chi connectivity index (χ0) is 12.0. The largest absolute Gasteiger partial charge is 0.465 e. The Labute approximate surface area is 98.7 Å². The predicted molar refractivity (Wildman–Crippen MR) is 68.5 cm³/mol. The van der Waals surface area contributed by atoms with E-state index in [1.807, 2.05) is 13.0 Å². The van der Waals surface area contributed by atoms with Crippen molar-refractivity contribution in [3.63, 3.8) is 0 Å². The SMILES string of the molecule is C=C(C)CCC(NCCC)c1ccc(C)o1. The fourth-order valence-electron chi connectivity index (χ4n) is 1.69. The maximum Gasteiger partial charge on any atom is 0.121 e. The van der Waals surface area contributed by atoms with Crippen LogP contribution in [0.1, 0.15) is 50.7 Å². The molecule has 90 valence electrons. The Kier molecular flexibility index (Phi) is 5.33. The smallest absolute Gasteiger partial charge is 0.121 e. The van der Waals surface area contributed by atoms with E-state index in [9.17, 15) is 0 Å². The van der Waals surface area contributed by atoms with Crippen molar-refractivity contribution in [1.29, 1.82) is 0 Å². The van der Waals surface area contributed by atoms with E-state index in [1.165, 1.54) is 5.57 Å². The number of allylic oxidation sites excluding steroid dienone is 1. The van der Waals surface area contributed by atoms with Crippen LogP contribution in [0, 0.1) is 6.92 Å². The molecule has 1 N–H and O–H groups in total. The number of hydrogen-bond acceptors (Lipinski definition) is 2. The van der Waals surface area contributed by atoms with Crippen LogP contribution < -0.4 is 5.32 Å². The Morgan fingerprint density at radius 2 is 2.25 bits per heavy atom. The molecule has 1 heterocycles. The predicted octanol–water partition coefficient (Wildman–Crippen LogP) is 3.99. The van der Waals surface area contributed by atoms with Crippen LogP contribution in [0.2, 0.25) is 0 Å². The Morgan fingerprint density at radius 3 is 2.75 bits per heavy atom. The first-order valence-electron chi connectivity index (χ1n) is 6.07. The van der Waals surface area contributed by atoms with Crippen molar-refractivity contribution in [2.24, 2.45) is 0 Å². The second-order valence-electron chi connectivity index (χ2n) is 4.45. The van der Waals surface area contributed by atoms with Gasteiger partial charge < -0.3 is 9.73 Å². The monoisotopic (exact) mass is 221 g/mol. The highest BCUT2D eigenvalue weighted by molar-refractivity contribution is 5.10. The summed E-state index contributed by atoms with van der Waals surface area (Å²) in [6, 6.07) is 4.42. The van der Waals surface area contributed by atoms with Crippen molar-refractivity contribution < 1.29 is 4.42 Å². The molecule has 0 saturated heterocycles. The zero-order valence-electron chi connectivity index (χ0n) is 10.7. The molecule has 2 heteroatoms. The topological polar surface area (TPSA) is 25.2 Å². The van der Waals surface area contributed by atoms with Crippen molar-refractivity contribution in [1.82, 2.24) is 5.32 Å². The lowest BCUT2D eigenvalue weighted by atomic mass is 10.1. The molecule has 0 aromatic carbocycles. The van der Waals surface area contributed by atoms with Gasteiger partial charge >= 0.3 is 0 Å². The van der Waals surface area contributed by atoms with Gasteiger partial charge in [-0.15, -0.1) is 6.58 Å². The van der Waals surface area contributed by atoms with Crippen molar-refractivity contribution in [3.05, 3.63) is 35.8 Å². The number of aryl methyl sites for hydroxylation is 1. The van der Waals surface area contributed by atoms with Gasteiger partial charge in [-0.2, -0.15) is 0 Å². The Balaban J connectivity index is 2.59. The molecular weight excluding hydrogens is 198 g/mol. The summed E-state index contributed by atoms with van der Waals surface area (Å²) in [6.45, 7) is 11.2. The van der Waals surface area contributed by atoms with Gasteiger partial charge in [0.05, 0.1) is 6.04 Å². The standard InChI is InChI=1S/C14H23NO/c1-5-10-15-13(8-6-11(2)3)14-9-7-12(4)16-14/h7,9,13,15H,2,5-6,8,10H2,1,3-4H3. The maximum absolute atomic E-state index is 5.68. The third-order valence-electron chi connectivity index (χ3n) is 2.61. The molecule has 0 aliphatic rings. The molecule has 0 spiro atoms. The van der Waals surface area contributed by atoms with E-state index in [0.717, 1.165) is 37.3 Å². The van der Waals surface area contributed by atoms with Gasteiger partial charge in [0, 0.05) is 0 Å². The van der Waals surface area contributed by atoms with Crippen LogP contribution in [0.15, 0.2) is 28.7 Å². The lowest BCUT2D eigenvalue weighted by Crippen LogP contribution is -2.21.